The molecule has 0 heterocycles. The Hall–Kier alpha value is -2.34. The van der Waals surface area contributed by atoms with Crippen LogP contribution in [0.4, 0.5) is 13.2 Å². The van der Waals surface area contributed by atoms with Crippen molar-refractivity contribution in [1.29, 1.82) is 0 Å². The average Bonchev–Trinajstić information content (AvgIpc) is 2.54. The molecular formula is C19H20F3NO2. The van der Waals surface area contributed by atoms with E-state index in [-0.39, 0.29) is 24.5 Å². The van der Waals surface area contributed by atoms with Crippen molar-refractivity contribution in [2.45, 2.75) is 19.6 Å². The number of Topliss-reactive ketones (excluding diaryl/α,β-unsaturated/α-hetero) is 1. The monoisotopic (exact) mass is 351 g/mol. The zero-order chi connectivity index (χ0) is 18.4. The fourth-order valence-corrected chi connectivity index (χ4v) is 2.50. The van der Waals surface area contributed by atoms with Crippen LogP contribution in [0.5, 0.6) is 5.75 Å². The van der Waals surface area contributed by atoms with Gasteiger partial charge in [-0.3, -0.25) is 9.69 Å². The highest BCUT2D eigenvalue weighted by molar-refractivity contribution is 5.96. The third kappa shape index (κ3) is 5.32. The van der Waals surface area contributed by atoms with Crippen LogP contribution < -0.4 is 4.74 Å². The Morgan fingerprint density at radius 1 is 1.08 bits per heavy atom. The standard InChI is InChI=1S/C19H20F3NO2/c1-14(24)16-8-4-6-10-18(16)25-12-11-23(2)13-15-7-3-5-9-17(15)19(20,21)22/h3-10H,11-13H2,1-2H3. The lowest BCUT2D eigenvalue weighted by molar-refractivity contribution is -0.138. The van der Waals surface area contributed by atoms with Gasteiger partial charge in [-0.05, 0) is 37.7 Å². The summed E-state index contributed by atoms with van der Waals surface area (Å²) in [5.41, 5.74) is 0.0962. The van der Waals surface area contributed by atoms with Crippen LogP contribution in [0.15, 0.2) is 48.5 Å². The first-order valence-corrected chi connectivity index (χ1v) is 7.85. The summed E-state index contributed by atoms with van der Waals surface area (Å²) in [7, 11) is 1.73. The highest BCUT2D eigenvalue weighted by Crippen LogP contribution is 2.32. The number of nitrogens with zero attached hydrogens (tertiary/aromatic N) is 1. The van der Waals surface area contributed by atoms with E-state index in [0.29, 0.717) is 17.9 Å². The molecule has 0 amide bonds. The van der Waals surface area contributed by atoms with E-state index >= 15 is 0 Å². The lowest BCUT2D eigenvalue weighted by Gasteiger charge is -2.20. The number of likely N-dealkylation sites (N-methyl/N-ethyl adjacent to an activating group) is 1. The molecule has 0 fully saturated rings. The molecule has 0 radical (unpaired) electrons. The highest BCUT2D eigenvalue weighted by Gasteiger charge is 2.32. The van der Waals surface area contributed by atoms with Crippen molar-refractivity contribution in [1.82, 2.24) is 4.90 Å². The summed E-state index contributed by atoms with van der Waals surface area (Å²) in [5.74, 6) is 0.391. The van der Waals surface area contributed by atoms with Gasteiger partial charge >= 0.3 is 6.18 Å². The number of ether oxygens (including phenoxy) is 1. The van der Waals surface area contributed by atoms with E-state index in [9.17, 15) is 18.0 Å². The molecule has 0 aliphatic rings. The molecule has 0 aliphatic carbocycles. The number of halogens is 3. The Morgan fingerprint density at radius 3 is 2.40 bits per heavy atom. The molecule has 0 atom stereocenters. The van der Waals surface area contributed by atoms with Crippen LogP contribution in [-0.4, -0.2) is 30.9 Å². The first kappa shape index (κ1) is 19.0. The van der Waals surface area contributed by atoms with Crippen molar-refractivity contribution in [2.75, 3.05) is 20.2 Å². The van der Waals surface area contributed by atoms with Crippen LogP contribution in [0.3, 0.4) is 0 Å². The molecule has 0 aromatic heterocycles. The number of ketones is 1. The van der Waals surface area contributed by atoms with Crippen LogP contribution in [-0.2, 0) is 12.7 Å². The van der Waals surface area contributed by atoms with Gasteiger partial charge in [0.1, 0.15) is 12.4 Å². The number of hydrogen-bond acceptors (Lipinski definition) is 3. The Balaban J connectivity index is 1.95. The molecule has 2 aromatic rings. The number of benzene rings is 2. The van der Waals surface area contributed by atoms with Gasteiger partial charge in [0.05, 0.1) is 11.1 Å². The zero-order valence-corrected chi connectivity index (χ0v) is 14.1. The van der Waals surface area contributed by atoms with Gasteiger partial charge in [0.2, 0.25) is 0 Å². The normalized spacial score (nSPS) is 11.6. The minimum absolute atomic E-state index is 0.0944. The molecule has 0 aliphatic heterocycles. The van der Waals surface area contributed by atoms with E-state index < -0.39 is 11.7 Å². The van der Waals surface area contributed by atoms with Gasteiger partial charge < -0.3 is 4.74 Å². The van der Waals surface area contributed by atoms with Crippen molar-refractivity contribution in [3.05, 3.63) is 65.2 Å². The second-order valence-corrected chi connectivity index (χ2v) is 5.79. The number of hydrogen-bond donors (Lipinski definition) is 0. The fourth-order valence-electron chi connectivity index (χ4n) is 2.50. The van der Waals surface area contributed by atoms with Crippen LogP contribution >= 0.6 is 0 Å². The Labute approximate surface area is 145 Å². The molecule has 2 aromatic carbocycles. The van der Waals surface area contributed by atoms with Gasteiger partial charge in [-0.15, -0.1) is 0 Å². The van der Waals surface area contributed by atoms with Gasteiger partial charge in [-0.25, -0.2) is 0 Å². The number of para-hydroxylation sites is 1. The summed E-state index contributed by atoms with van der Waals surface area (Å²) < 4.78 is 44.7. The minimum Gasteiger partial charge on any atom is -0.491 e. The smallest absolute Gasteiger partial charge is 0.416 e. The summed E-state index contributed by atoms with van der Waals surface area (Å²) in [6, 6.07) is 12.5. The molecule has 0 saturated heterocycles. The summed E-state index contributed by atoms with van der Waals surface area (Å²) in [6.07, 6.45) is -4.37. The predicted octanol–water partition coefficient (Wildman–Crippen LogP) is 4.42. The van der Waals surface area contributed by atoms with E-state index in [1.807, 2.05) is 0 Å². The van der Waals surface area contributed by atoms with Crippen molar-refractivity contribution < 1.29 is 22.7 Å². The van der Waals surface area contributed by atoms with Crippen molar-refractivity contribution in [3.8, 4) is 5.75 Å². The van der Waals surface area contributed by atoms with E-state index in [2.05, 4.69) is 0 Å². The van der Waals surface area contributed by atoms with E-state index in [0.717, 1.165) is 6.07 Å². The van der Waals surface area contributed by atoms with E-state index in [1.165, 1.54) is 19.1 Å². The summed E-state index contributed by atoms with van der Waals surface area (Å²) >= 11 is 0. The fraction of sp³-hybridized carbons (Fsp3) is 0.316. The molecule has 2 rings (SSSR count). The van der Waals surface area contributed by atoms with Crippen LogP contribution in [0.25, 0.3) is 0 Å². The second-order valence-electron chi connectivity index (χ2n) is 5.79. The van der Waals surface area contributed by atoms with Gasteiger partial charge in [0.25, 0.3) is 0 Å². The van der Waals surface area contributed by atoms with Crippen molar-refractivity contribution in [3.63, 3.8) is 0 Å². The first-order valence-electron chi connectivity index (χ1n) is 7.85. The molecule has 0 spiro atoms. The zero-order valence-electron chi connectivity index (χ0n) is 14.1. The lowest BCUT2D eigenvalue weighted by atomic mass is 10.1. The van der Waals surface area contributed by atoms with E-state index in [4.69, 9.17) is 4.74 Å². The topological polar surface area (TPSA) is 29.5 Å². The van der Waals surface area contributed by atoms with E-state index in [1.54, 1.807) is 42.3 Å². The van der Waals surface area contributed by atoms with Crippen molar-refractivity contribution >= 4 is 5.78 Å². The third-order valence-corrected chi connectivity index (χ3v) is 3.76. The maximum Gasteiger partial charge on any atom is 0.416 e. The molecule has 3 nitrogen and oxygen atoms in total. The highest BCUT2D eigenvalue weighted by atomic mass is 19.4. The number of alkyl halides is 3. The SMILES string of the molecule is CC(=O)c1ccccc1OCCN(C)Cc1ccccc1C(F)(F)F. The van der Waals surface area contributed by atoms with Gasteiger partial charge in [0, 0.05) is 13.1 Å². The van der Waals surface area contributed by atoms with Gasteiger partial charge in [-0.2, -0.15) is 13.2 Å². The molecule has 25 heavy (non-hydrogen) atoms. The number of rotatable bonds is 7. The molecule has 0 bridgehead atoms. The van der Waals surface area contributed by atoms with Crippen LogP contribution in [0, 0.1) is 0 Å². The van der Waals surface area contributed by atoms with Gasteiger partial charge in [0.15, 0.2) is 5.78 Å². The Kier molecular flexibility index (Phi) is 6.20. The Morgan fingerprint density at radius 2 is 1.72 bits per heavy atom. The molecule has 0 N–H and O–H groups in total. The summed E-state index contributed by atoms with van der Waals surface area (Å²) in [4.78, 5) is 13.3. The lowest BCUT2D eigenvalue weighted by Crippen LogP contribution is -2.25. The predicted molar refractivity (Wildman–Crippen MR) is 89.7 cm³/mol. The molecule has 0 saturated carbocycles. The number of carbonyl (C=O) groups is 1. The first-order chi connectivity index (χ1) is 11.8. The van der Waals surface area contributed by atoms with Gasteiger partial charge in [-0.1, -0.05) is 30.3 Å². The molecular weight excluding hydrogens is 331 g/mol. The number of carbonyl (C=O) groups excluding carboxylic acids is 1. The van der Waals surface area contributed by atoms with Crippen molar-refractivity contribution in [2.24, 2.45) is 0 Å². The summed E-state index contributed by atoms with van der Waals surface area (Å²) in [6.45, 7) is 2.32. The molecule has 6 heteroatoms. The minimum atomic E-state index is -4.37. The molecule has 0 unspecified atom stereocenters. The molecule has 134 valence electrons. The van der Waals surface area contributed by atoms with Crippen LogP contribution in [0.2, 0.25) is 0 Å². The third-order valence-electron chi connectivity index (χ3n) is 3.76. The second kappa shape index (κ2) is 8.16. The quantitative estimate of drug-likeness (QED) is 0.692. The largest absolute Gasteiger partial charge is 0.491 e. The summed E-state index contributed by atoms with van der Waals surface area (Å²) in [5, 5.41) is 0. The Bertz CT molecular complexity index is 729. The maximum absolute atomic E-state index is 13.0. The van der Waals surface area contributed by atoms with Crippen LogP contribution in [0.1, 0.15) is 28.4 Å². The maximum atomic E-state index is 13.0. The average molecular weight is 351 g/mol.